The number of benzene rings is 9. The lowest BCUT2D eigenvalue weighted by molar-refractivity contribution is 0.672. The van der Waals surface area contributed by atoms with Crippen LogP contribution in [0.1, 0.15) is 0 Å². The van der Waals surface area contributed by atoms with Crippen molar-refractivity contribution >= 4 is 76.3 Å². The summed E-state index contributed by atoms with van der Waals surface area (Å²) >= 11 is 0. The van der Waals surface area contributed by atoms with Gasteiger partial charge in [-0.3, -0.25) is 0 Å². The number of hydrogen-bond donors (Lipinski definition) is 0. The van der Waals surface area contributed by atoms with Gasteiger partial charge < -0.3 is 8.98 Å². The summed E-state index contributed by atoms with van der Waals surface area (Å²) < 4.78 is 9.28. The Morgan fingerprint density at radius 1 is 0.393 bits per heavy atom. The fourth-order valence-electron chi connectivity index (χ4n) is 8.81. The Hall–Kier alpha value is -7.56. The zero-order chi connectivity index (χ0) is 36.7. The normalized spacial score (nSPS) is 11.9. The average molecular weight is 714 g/mol. The van der Waals surface area contributed by atoms with Crippen LogP contribution >= 0.6 is 0 Å². The van der Waals surface area contributed by atoms with E-state index in [0.29, 0.717) is 0 Å². The van der Waals surface area contributed by atoms with Crippen LogP contribution in [0.25, 0.3) is 116 Å². The van der Waals surface area contributed by atoms with Crippen LogP contribution in [-0.4, -0.2) is 14.5 Å². The summed E-state index contributed by atoms with van der Waals surface area (Å²) in [6.45, 7) is 0. The Morgan fingerprint density at radius 2 is 1.07 bits per heavy atom. The number of aromatic nitrogens is 3. The van der Waals surface area contributed by atoms with E-state index in [1.165, 1.54) is 32.6 Å². The van der Waals surface area contributed by atoms with Gasteiger partial charge in [-0.05, 0) is 81.9 Å². The Labute approximate surface area is 321 Å². The van der Waals surface area contributed by atoms with Crippen LogP contribution in [0, 0.1) is 0 Å². The molecule has 0 fully saturated rings. The summed E-state index contributed by atoms with van der Waals surface area (Å²) in [5, 5.41) is 9.19. The van der Waals surface area contributed by atoms with E-state index in [0.717, 1.165) is 83.1 Å². The Kier molecular flexibility index (Phi) is 6.60. The molecule has 4 heteroatoms. The summed E-state index contributed by atoms with van der Waals surface area (Å²) in [6, 6.07) is 66.5. The molecule has 0 aliphatic carbocycles. The van der Waals surface area contributed by atoms with E-state index in [2.05, 4.69) is 156 Å². The number of rotatable bonds is 4. The van der Waals surface area contributed by atoms with Crippen molar-refractivity contribution in [1.29, 1.82) is 0 Å². The molecule has 9 aromatic carbocycles. The molecule has 0 unspecified atom stereocenters. The highest BCUT2D eigenvalue weighted by molar-refractivity contribution is 6.23. The van der Waals surface area contributed by atoms with Crippen molar-refractivity contribution in [3.8, 4) is 39.3 Å². The Balaban J connectivity index is 1.15. The van der Waals surface area contributed by atoms with Gasteiger partial charge in [0, 0.05) is 43.7 Å². The van der Waals surface area contributed by atoms with Gasteiger partial charge in [-0.15, -0.1) is 0 Å². The van der Waals surface area contributed by atoms with Crippen LogP contribution in [0.4, 0.5) is 0 Å². The van der Waals surface area contributed by atoms with E-state index in [1.54, 1.807) is 0 Å². The number of furan rings is 1. The third-order valence-corrected chi connectivity index (χ3v) is 11.3. The molecule has 56 heavy (non-hydrogen) atoms. The van der Waals surface area contributed by atoms with Crippen molar-refractivity contribution in [2.24, 2.45) is 0 Å². The highest BCUT2D eigenvalue weighted by atomic mass is 16.3. The van der Waals surface area contributed by atoms with Crippen LogP contribution in [0.5, 0.6) is 0 Å². The zero-order valence-corrected chi connectivity index (χ0v) is 30.1. The highest BCUT2D eigenvalue weighted by Crippen LogP contribution is 2.45. The molecular formula is C52H31N3O. The first-order valence-electron chi connectivity index (χ1n) is 19.0. The predicted octanol–water partition coefficient (Wildman–Crippen LogP) is 13.9. The van der Waals surface area contributed by atoms with Gasteiger partial charge in [0.2, 0.25) is 0 Å². The molecule has 3 aromatic heterocycles. The van der Waals surface area contributed by atoms with Gasteiger partial charge in [-0.1, -0.05) is 133 Å². The van der Waals surface area contributed by atoms with E-state index in [9.17, 15) is 0 Å². The number of para-hydroxylation sites is 4. The molecule has 0 N–H and O–H groups in total. The van der Waals surface area contributed by atoms with Crippen LogP contribution < -0.4 is 0 Å². The minimum absolute atomic E-state index is 0.825. The quantitative estimate of drug-likeness (QED) is 0.182. The first-order chi connectivity index (χ1) is 27.8. The largest absolute Gasteiger partial charge is 0.455 e. The van der Waals surface area contributed by atoms with Crippen molar-refractivity contribution < 1.29 is 4.42 Å². The van der Waals surface area contributed by atoms with E-state index in [-0.39, 0.29) is 0 Å². The fourth-order valence-corrected chi connectivity index (χ4v) is 8.81. The lowest BCUT2D eigenvalue weighted by Crippen LogP contribution is -1.97. The standard InChI is InChI=1S/C52H31N3O/c1-2-13-32(14-3-1)34-16-12-17-36(29-34)50-51(54-44-22-9-8-21-43(44)53-50)42-30-35-25-27-37(31-41(35)52-49(42)40-20-7-11-24-47(40)56-52)55-45-23-10-6-19-39(45)48-38-18-5-4-15-33(38)26-28-46(48)55/h1-31H. The third-order valence-electron chi connectivity index (χ3n) is 11.3. The summed E-state index contributed by atoms with van der Waals surface area (Å²) in [5.41, 5.74) is 12.8. The van der Waals surface area contributed by atoms with Gasteiger partial charge >= 0.3 is 0 Å². The molecule has 0 saturated heterocycles. The van der Waals surface area contributed by atoms with Crippen molar-refractivity contribution in [3.05, 3.63) is 188 Å². The van der Waals surface area contributed by atoms with Gasteiger partial charge in [0.1, 0.15) is 11.2 Å². The van der Waals surface area contributed by atoms with Gasteiger partial charge in [0.15, 0.2) is 0 Å². The second-order valence-electron chi connectivity index (χ2n) is 14.5. The summed E-state index contributed by atoms with van der Waals surface area (Å²) in [5.74, 6) is 0. The molecule has 0 aliphatic heterocycles. The SMILES string of the molecule is c1ccc(-c2cccc(-c3nc4ccccc4nc3-c3cc4ccc(-n5c6ccccc6c6c7ccccc7ccc65)cc4c4oc5ccccc5c34)c2)cc1. The maximum Gasteiger partial charge on any atom is 0.144 e. The Bertz CT molecular complexity index is 3540. The molecule has 0 aliphatic rings. The molecule has 0 bridgehead atoms. The molecule has 0 saturated carbocycles. The maximum absolute atomic E-state index is 6.89. The molecule has 12 rings (SSSR count). The average Bonchev–Trinajstić information content (AvgIpc) is 3.83. The summed E-state index contributed by atoms with van der Waals surface area (Å²) in [6.07, 6.45) is 0. The zero-order valence-electron chi connectivity index (χ0n) is 30.1. The smallest absolute Gasteiger partial charge is 0.144 e. The molecule has 12 aromatic rings. The van der Waals surface area contributed by atoms with Crippen LogP contribution in [0.15, 0.2) is 192 Å². The van der Waals surface area contributed by atoms with Crippen molar-refractivity contribution in [3.63, 3.8) is 0 Å². The van der Waals surface area contributed by atoms with E-state index >= 15 is 0 Å². The molecular weight excluding hydrogens is 683 g/mol. The number of hydrogen-bond acceptors (Lipinski definition) is 3. The molecule has 0 amide bonds. The van der Waals surface area contributed by atoms with Crippen LogP contribution in [-0.2, 0) is 0 Å². The lowest BCUT2D eigenvalue weighted by atomic mass is 9.94. The Morgan fingerprint density at radius 3 is 1.95 bits per heavy atom. The van der Waals surface area contributed by atoms with Crippen LogP contribution in [0.3, 0.4) is 0 Å². The van der Waals surface area contributed by atoms with Gasteiger partial charge in [-0.2, -0.15) is 0 Å². The van der Waals surface area contributed by atoms with E-state index in [1.807, 2.05) is 36.4 Å². The second kappa shape index (κ2) is 12.0. The minimum atomic E-state index is 0.825. The van der Waals surface area contributed by atoms with E-state index in [4.69, 9.17) is 14.4 Å². The second-order valence-corrected chi connectivity index (χ2v) is 14.5. The van der Waals surface area contributed by atoms with Crippen LogP contribution in [0.2, 0.25) is 0 Å². The molecule has 0 atom stereocenters. The number of nitrogens with zero attached hydrogens (tertiary/aromatic N) is 3. The molecule has 4 nitrogen and oxygen atoms in total. The van der Waals surface area contributed by atoms with Gasteiger partial charge in [0.25, 0.3) is 0 Å². The fraction of sp³-hybridized carbons (Fsp3) is 0. The predicted molar refractivity (Wildman–Crippen MR) is 232 cm³/mol. The topological polar surface area (TPSA) is 43.9 Å². The first kappa shape index (κ1) is 30.9. The highest BCUT2D eigenvalue weighted by Gasteiger charge is 2.23. The third kappa shape index (κ3) is 4.60. The summed E-state index contributed by atoms with van der Waals surface area (Å²) in [4.78, 5) is 10.7. The van der Waals surface area contributed by atoms with Crippen molar-refractivity contribution in [2.75, 3.05) is 0 Å². The van der Waals surface area contributed by atoms with Gasteiger partial charge in [0.05, 0.1) is 33.5 Å². The lowest BCUT2D eigenvalue weighted by Gasteiger charge is -2.15. The molecule has 0 spiro atoms. The van der Waals surface area contributed by atoms with Crippen molar-refractivity contribution in [1.82, 2.24) is 14.5 Å². The molecule has 3 heterocycles. The van der Waals surface area contributed by atoms with Gasteiger partial charge in [-0.25, -0.2) is 9.97 Å². The number of fused-ring (bicyclic) bond motifs is 11. The molecule has 0 radical (unpaired) electrons. The monoisotopic (exact) mass is 713 g/mol. The maximum atomic E-state index is 6.89. The van der Waals surface area contributed by atoms with Crippen molar-refractivity contribution in [2.45, 2.75) is 0 Å². The molecule has 260 valence electrons. The minimum Gasteiger partial charge on any atom is -0.455 e. The first-order valence-corrected chi connectivity index (χ1v) is 19.0. The summed E-state index contributed by atoms with van der Waals surface area (Å²) in [7, 11) is 0. The van der Waals surface area contributed by atoms with E-state index < -0.39 is 0 Å².